The largest absolute Gasteiger partial charge is 0.374 e. The fraction of sp³-hybridized carbons (Fsp3) is 0.538. The number of para-hydroxylation sites is 1. The molecule has 6 heteroatoms. The van der Waals surface area contributed by atoms with Gasteiger partial charge in [-0.15, -0.1) is 0 Å². The molecule has 1 atom stereocenters. The van der Waals surface area contributed by atoms with Crippen molar-refractivity contribution in [2.75, 3.05) is 18.4 Å². The first-order chi connectivity index (χ1) is 9.15. The fourth-order valence-electron chi connectivity index (χ4n) is 2.69. The van der Waals surface area contributed by atoms with Crippen LogP contribution in [0.15, 0.2) is 18.2 Å². The van der Waals surface area contributed by atoms with Crippen LogP contribution in [0.25, 0.3) is 0 Å². The van der Waals surface area contributed by atoms with Gasteiger partial charge in [0.25, 0.3) is 5.69 Å². The number of likely N-dealkylation sites (tertiary alicyclic amines) is 1. The van der Waals surface area contributed by atoms with E-state index < -0.39 is 0 Å². The molecule has 1 saturated carbocycles. The summed E-state index contributed by atoms with van der Waals surface area (Å²) >= 11 is 6.08. The Morgan fingerprint density at radius 2 is 2.16 bits per heavy atom. The number of anilines is 1. The summed E-state index contributed by atoms with van der Waals surface area (Å²) in [6.45, 7) is 2.02. The molecule has 1 aromatic rings. The van der Waals surface area contributed by atoms with Gasteiger partial charge in [-0.05, 0) is 25.3 Å². The number of nitrogens with zero attached hydrogens (tertiary/aromatic N) is 2. The molecule has 0 aromatic heterocycles. The van der Waals surface area contributed by atoms with Crippen molar-refractivity contribution < 1.29 is 4.92 Å². The van der Waals surface area contributed by atoms with Gasteiger partial charge in [0, 0.05) is 31.2 Å². The Labute approximate surface area is 116 Å². The van der Waals surface area contributed by atoms with Gasteiger partial charge in [0.1, 0.15) is 5.69 Å². The molecule has 5 nitrogen and oxygen atoms in total. The number of nitrogens with one attached hydrogen (secondary N) is 1. The maximum atomic E-state index is 11.0. The Balaban J connectivity index is 1.74. The lowest BCUT2D eigenvalue weighted by Gasteiger charge is -2.17. The molecule has 0 radical (unpaired) electrons. The van der Waals surface area contributed by atoms with Gasteiger partial charge < -0.3 is 5.32 Å². The van der Waals surface area contributed by atoms with Crippen molar-refractivity contribution in [2.45, 2.75) is 31.3 Å². The van der Waals surface area contributed by atoms with E-state index in [1.54, 1.807) is 12.1 Å². The number of rotatable bonds is 4. The lowest BCUT2D eigenvalue weighted by Crippen LogP contribution is -2.28. The molecule has 1 aliphatic heterocycles. The van der Waals surface area contributed by atoms with Crippen molar-refractivity contribution in [3.05, 3.63) is 33.3 Å². The molecule has 2 fully saturated rings. The highest BCUT2D eigenvalue weighted by Crippen LogP contribution is 2.35. The summed E-state index contributed by atoms with van der Waals surface area (Å²) in [4.78, 5) is 13.1. The van der Waals surface area contributed by atoms with Gasteiger partial charge in [-0.25, -0.2) is 0 Å². The highest BCUT2D eigenvalue weighted by molar-refractivity contribution is 6.33. The molecule has 1 N–H and O–H groups in total. The molecular formula is C13H16ClN3O2. The smallest absolute Gasteiger partial charge is 0.293 e. The lowest BCUT2D eigenvalue weighted by molar-refractivity contribution is -0.384. The zero-order chi connectivity index (χ0) is 13.4. The SMILES string of the molecule is O=[N+]([O-])c1cccc(Cl)c1NC1CCN(C2CC2)C1. The number of hydrogen-bond donors (Lipinski definition) is 1. The number of hydrogen-bond acceptors (Lipinski definition) is 4. The number of benzene rings is 1. The monoisotopic (exact) mass is 281 g/mol. The molecule has 1 unspecified atom stereocenters. The molecule has 2 aliphatic rings. The Morgan fingerprint density at radius 1 is 1.37 bits per heavy atom. The van der Waals surface area contributed by atoms with Gasteiger partial charge in [-0.1, -0.05) is 17.7 Å². The van der Waals surface area contributed by atoms with Crippen LogP contribution in [0.3, 0.4) is 0 Å². The first-order valence-corrected chi connectivity index (χ1v) is 6.96. The van der Waals surface area contributed by atoms with Crippen LogP contribution in [0.5, 0.6) is 0 Å². The quantitative estimate of drug-likeness (QED) is 0.681. The molecule has 19 heavy (non-hydrogen) atoms. The third kappa shape index (κ3) is 2.67. The minimum Gasteiger partial charge on any atom is -0.374 e. The number of nitro groups is 1. The summed E-state index contributed by atoms with van der Waals surface area (Å²) in [6, 6.07) is 5.77. The first kappa shape index (κ1) is 12.7. The Bertz CT molecular complexity index is 505. The van der Waals surface area contributed by atoms with E-state index in [1.807, 2.05) is 0 Å². The first-order valence-electron chi connectivity index (χ1n) is 6.58. The zero-order valence-corrected chi connectivity index (χ0v) is 11.3. The van der Waals surface area contributed by atoms with E-state index in [-0.39, 0.29) is 16.7 Å². The number of nitro benzene ring substituents is 1. The van der Waals surface area contributed by atoms with Crippen molar-refractivity contribution in [3.8, 4) is 0 Å². The van der Waals surface area contributed by atoms with Crippen LogP contribution in [0.1, 0.15) is 19.3 Å². The van der Waals surface area contributed by atoms with Crippen LogP contribution in [0.4, 0.5) is 11.4 Å². The van der Waals surface area contributed by atoms with Gasteiger partial charge in [-0.2, -0.15) is 0 Å². The van der Waals surface area contributed by atoms with Crippen LogP contribution >= 0.6 is 11.6 Å². The van der Waals surface area contributed by atoms with Crippen LogP contribution in [-0.2, 0) is 0 Å². The molecule has 0 amide bonds. The molecule has 3 rings (SSSR count). The average molecular weight is 282 g/mol. The minimum absolute atomic E-state index is 0.0531. The van der Waals surface area contributed by atoms with Crippen molar-refractivity contribution in [1.29, 1.82) is 0 Å². The molecule has 1 aromatic carbocycles. The summed E-state index contributed by atoms with van der Waals surface area (Å²) in [7, 11) is 0. The van der Waals surface area contributed by atoms with E-state index in [0.717, 1.165) is 25.6 Å². The van der Waals surface area contributed by atoms with Gasteiger partial charge in [0.05, 0.1) is 9.95 Å². The van der Waals surface area contributed by atoms with Crippen molar-refractivity contribution in [3.63, 3.8) is 0 Å². The van der Waals surface area contributed by atoms with Crippen LogP contribution in [0.2, 0.25) is 5.02 Å². The predicted octanol–water partition coefficient (Wildman–Crippen LogP) is 2.90. The second-order valence-corrected chi connectivity index (χ2v) is 5.65. The molecule has 0 spiro atoms. The molecular weight excluding hydrogens is 266 g/mol. The maximum Gasteiger partial charge on any atom is 0.293 e. The summed E-state index contributed by atoms with van der Waals surface area (Å²) in [5.74, 6) is 0. The van der Waals surface area contributed by atoms with E-state index in [0.29, 0.717) is 10.7 Å². The van der Waals surface area contributed by atoms with E-state index in [9.17, 15) is 10.1 Å². The van der Waals surface area contributed by atoms with Crippen LogP contribution < -0.4 is 5.32 Å². The summed E-state index contributed by atoms with van der Waals surface area (Å²) in [5, 5.41) is 14.7. The molecule has 1 heterocycles. The summed E-state index contributed by atoms with van der Waals surface area (Å²) in [5.41, 5.74) is 0.509. The topological polar surface area (TPSA) is 58.4 Å². The van der Waals surface area contributed by atoms with Crippen LogP contribution in [0, 0.1) is 10.1 Å². The van der Waals surface area contributed by atoms with Gasteiger partial charge >= 0.3 is 0 Å². The Hall–Kier alpha value is -1.33. The third-order valence-electron chi connectivity index (χ3n) is 3.82. The standard InChI is InChI=1S/C13H16ClN3O2/c14-11-2-1-3-12(17(18)19)13(11)15-9-6-7-16(8-9)10-4-5-10/h1-3,9-10,15H,4-8H2. The summed E-state index contributed by atoms with van der Waals surface area (Å²) < 4.78 is 0. The molecule has 1 aliphatic carbocycles. The summed E-state index contributed by atoms with van der Waals surface area (Å²) in [6.07, 6.45) is 3.59. The third-order valence-corrected chi connectivity index (χ3v) is 4.13. The second kappa shape index (κ2) is 4.98. The van der Waals surface area contributed by atoms with E-state index in [1.165, 1.54) is 18.9 Å². The lowest BCUT2D eigenvalue weighted by atomic mass is 10.2. The molecule has 102 valence electrons. The van der Waals surface area contributed by atoms with E-state index >= 15 is 0 Å². The number of halogens is 1. The van der Waals surface area contributed by atoms with Crippen molar-refractivity contribution in [1.82, 2.24) is 4.90 Å². The predicted molar refractivity (Wildman–Crippen MR) is 74.7 cm³/mol. The maximum absolute atomic E-state index is 11.0. The van der Waals surface area contributed by atoms with Crippen molar-refractivity contribution >= 4 is 23.0 Å². The molecule has 1 saturated heterocycles. The Morgan fingerprint density at radius 3 is 2.84 bits per heavy atom. The molecule has 0 bridgehead atoms. The zero-order valence-electron chi connectivity index (χ0n) is 10.5. The highest BCUT2D eigenvalue weighted by atomic mass is 35.5. The van der Waals surface area contributed by atoms with Crippen LogP contribution in [-0.4, -0.2) is 35.0 Å². The fourth-order valence-corrected chi connectivity index (χ4v) is 2.91. The minimum atomic E-state index is -0.387. The van der Waals surface area contributed by atoms with Gasteiger partial charge in [0.15, 0.2) is 0 Å². The van der Waals surface area contributed by atoms with E-state index in [4.69, 9.17) is 11.6 Å². The second-order valence-electron chi connectivity index (χ2n) is 5.25. The normalized spacial score (nSPS) is 23.5. The Kier molecular flexibility index (Phi) is 3.33. The highest BCUT2D eigenvalue weighted by Gasteiger charge is 2.35. The average Bonchev–Trinajstić information content (AvgIpc) is 3.12. The van der Waals surface area contributed by atoms with E-state index in [2.05, 4.69) is 10.2 Å². The van der Waals surface area contributed by atoms with Crippen molar-refractivity contribution in [2.24, 2.45) is 0 Å². The van der Waals surface area contributed by atoms with Gasteiger partial charge in [0.2, 0.25) is 0 Å². The van der Waals surface area contributed by atoms with Gasteiger partial charge in [-0.3, -0.25) is 15.0 Å².